The molecule has 1 unspecified atom stereocenters. The van der Waals surface area contributed by atoms with Gasteiger partial charge >= 0.3 is 0 Å². The van der Waals surface area contributed by atoms with E-state index in [4.69, 9.17) is 4.74 Å². The van der Waals surface area contributed by atoms with Gasteiger partial charge in [-0.25, -0.2) is 0 Å². The van der Waals surface area contributed by atoms with Crippen LogP contribution in [0.4, 0.5) is 0 Å². The van der Waals surface area contributed by atoms with Crippen molar-refractivity contribution >= 4 is 5.91 Å². The molecular formula is C16H24N2O2. The fraction of sp³-hybridized carbons (Fsp3) is 0.562. The Kier molecular flexibility index (Phi) is 4.78. The van der Waals surface area contributed by atoms with Crippen molar-refractivity contribution in [2.75, 3.05) is 26.3 Å². The van der Waals surface area contributed by atoms with Gasteiger partial charge in [0.15, 0.2) is 0 Å². The molecule has 1 N–H and O–H groups in total. The van der Waals surface area contributed by atoms with Crippen LogP contribution < -0.4 is 5.32 Å². The summed E-state index contributed by atoms with van der Waals surface area (Å²) < 4.78 is 5.39. The molecule has 1 heterocycles. The molecule has 1 aromatic rings. The highest BCUT2D eigenvalue weighted by molar-refractivity contribution is 5.83. The Hall–Kier alpha value is -1.39. The third kappa shape index (κ3) is 4.05. The minimum absolute atomic E-state index is 0.0607. The summed E-state index contributed by atoms with van der Waals surface area (Å²) >= 11 is 0. The van der Waals surface area contributed by atoms with E-state index in [1.54, 1.807) is 0 Å². The smallest absolute Gasteiger partial charge is 0.242 e. The van der Waals surface area contributed by atoms with Gasteiger partial charge in [-0.05, 0) is 26.3 Å². The number of amides is 1. The molecule has 20 heavy (non-hydrogen) atoms. The van der Waals surface area contributed by atoms with Crippen LogP contribution in [-0.2, 0) is 9.53 Å². The Labute approximate surface area is 121 Å². The van der Waals surface area contributed by atoms with Crippen LogP contribution in [-0.4, -0.2) is 42.6 Å². The Morgan fingerprint density at radius 2 is 1.80 bits per heavy atom. The van der Waals surface area contributed by atoms with E-state index in [9.17, 15) is 4.79 Å². The minimum atomic E-state index is -0.237. The van der Waals surface area contributed by atoms with E-state index < -0.39 is 0 Å². The van der Waals surface area contributed by atoms with Gasteiger partial charge in [0, 0.05) is 18.6 Å². The molecule has 1 aliphatic heterocycles. The molecule has 110 valence electrons. The summed E-state index contributed by atoms with van der Waals surface area (Å²) in [7, 11) is 0. The molecule has 0 saturated carbocycles. The summed E-state index contributed by atoms with van der Waals surface area (Å²) in [6, 6.07) is 9.73. The molecule has 1 aliphatic rings. The topological polar surface area (TPSA) is 41.6 Å². The molecule has 1 fully saturated rings. The number of carbonyl (C=O) groups excluding carboxylic acids is 1. The van der Waals surface area contributed by atoms with Crippen molar-refractivity contribution in [1.29, 1.82) is 0 Å². The minimum Gasteiger partial charge on any atom is -0.379 e. The summed E-state index contributed by atoms with van der Waals surface area (Å²) in [5.41, 5.74) is 0.812. The molecule has 0 bridgehead atoms. The molecule has 0 aromatic heterocycles. The summed E-state index contributed by atoms with van der Waals surface area (Å²) in [6.45, 7) is 8.97. The van der Waals surface area contributed by atoms with E-state index in [1.165, 1.54) is 0 Å². The van der Waals surface area contributed by atoms with E-state index in [2.05, 4.69) is 10.2 Å². The molecular weight excluding hydrogens is 252 g/mol. The number of hydrogen-bond donors (Lipinski definition) is 1. The monoisotopic (exact) mass is 276 g/mol. The van der Waals surface area contributed by atoms with Gasteiger partial charge in [-0.15, -0.1) is 0 Å². The first kappa shape index (κ1) is 15.0. The number of benzene rings is 1. The predicted molar refractivity (Wildman–Crippen MR) is 79.5 cm³/mol. The Bertz CT molecular complexity index is 434. The van der Waals surface area contributed by atoms with Crippen LogP contribution in [0.15, 0.2) is 30.3 Å². The van der Waals surface area contributed by atoms with E-state index >= 15 is 0 Å². The zero-order chi connectivity index (χ0) is 14.6. The third-order valence-corrected chi connectivity index (χ3v) is 3.27. The maximum absolute atomic E-state index is 12.7. The van der Waals surface area contributed by atoms with Gasteiger partial charge in [0.25, 0.3) is 0 Å². The quantitative estimate of drug-likeness (QED) is 0.918. The van der Waals surface area contributed by atoms with Gasteiger partial charge in [0.05, 0.1) is 13.2 Å². The van der Waals surface area contributed by atoms with Crippen molar-refractivity contribution in [3.8, 4) is 0 Å². The number of morpholine rings is 1. The first-order valence-corrected chi connectivity index (χ1v) is 7.16. The first-order chi connectivity index (χ1) is 9.47. The zero-order valence-corrected chi connectivity index (χ0v) is 12.6. The highest BCUT2D eigenvalue weighted by Gasteiger charge is 2.30. The molecule has 1 amide bonds. The van der Waals surface area contributed by atoms with Crippen molar-refractivity contribution < 1.29 is 9.53 Å². The Morgan fingerprint density at radius 1 is 1.20 bits per heavy atom. The lowest BCUT2D eigenvalue weighted by molar-refractivity contribution is -0.130. The first-order valence-electron chi connectivity index (χ1n) is 7.16. The van der Waals surface area contributed by atoms with Crippen LogP contribution in [0, 0.1) is 0 Å². The summed E-state index contributed by atoms with van der Waals surface area (Å²) in [4.78, 5) is 14.9. The van der Waals surface area contributed by atoms with E-state index in [0.29, 0.717) is 13.2 Å². The number of rotatable bonds is 3. The molecule has 1 saturated heterocycles. The highest BCUT2D eigenvalue weighted by atomic mass is 16.5. The molecule has 0 radical (unpaired) electrons. The standard InChI is InChI=1S/C16H24N2O2/c1-16(2,3)17-15(19)14(13-7-5-4-6-8-13)18-9-11-20-12-10-18/h4-8,14H,9-12H2,1-3H3,(H,17,19). The number of hydrogen-bond acceptors (Lipinski definition) is 3. The van der Waals surface area contributed by atoms with Crippen LogP contribution in [0.5, 0.6) is 0 Å². The second kappa shape index (κ2) is 6.37. The van der Waals surface area contributed by atoms with Gasteiger partial charge in [-0.1, -0.05) is 30.3 Å². The van der Waals surface area contributed by atoms with Crippen LogP contribution in [0.3, 0.4) is 0 Å². The average molecular weight is 276 g/mol. The summed E-state index contributed by atoms with van der Waals surface area (Å²) in [5.74, 6) is 0.0607. The van der Waals surface area contributed by atoms with Crippen molar-refractivity contribution in [3.05, 3.63) is 35.9 Å². The van der Waals surface area contributed by atoms with Gasteiger partial charge in [0.2, 0.25) is 5.91 Å². The van der Waals surface area contributed by atoms with Crippen LogP contribution in [0.1, 0.15) is 32.4 Å². The van der Waals surface area contributed by atoms with E-state index in [-0.39, 0.29) is 17.5 Å². The molecule has 4 nitrogen and oxygen atoms in total. The molecule has 4 heteroatoms. The average Bonchev–Trinajstić information content (AvgIpc) is 2.39. The number of nitrogens with one attached hydrogen (secondary N) is 1. The van der Waals surface area contributed by atoms with E-state index in [1.807, 2.05) is 51.1 Å². The number of nitrogens with zero attached hydrogens (tertiary/aromatic N) is 1. The van der Waals surface area contributed by atoms with Gasteiger partial charge in [-0.3, -0.25) is 9.69 Å². The lowest BCUT2D eigenvalue weighted by atomic mass is 10.0. The van der Waals surface area contributed by atoms with Gasteiger partial charge < -0.3 is 10.1 Å². The van der Waals surface area contributed by atoms with Crippen LogP contribution >= 0.6 is 0 Å². The Balaban J connectivity index is 2.22. The fourth-order valence-electron chi connectivity index (χ4n) is 2.44. The fourth-order valence-corrected chi connectivity index (χ4v) is 2.44. The third-order valence-electron chi connectivity index (χ3n) is 3.27. The molecule has 1 atom stereocenters. The number of ether oxygens (including phenoxy) is 1. The largest absolute Gasteiger partial charge is 0.379 e. The lowest BCUT2D eigenvalue weighted by Crippen LogP contribution is -2.50. The molecule has 2 rings (SSSR count). The zero-order valence-electron chi connectivity index (χ0n) is 12.6. The van der Waals surface area contributed by atoms with Crippen LogP contribution in [0.25, 0.3) is 0 Å². The van der Waals surface area contributed by atoms with Gasteiger partial charge in [-0.2, -0.15) is 0 Å². The van der Waals surface area contributed by atoms with Gasteiger partial charge in [0.1, 0.15) is 6.04 Å². The summed E-state index contributed by atoms with van der Waals surface area (Å²) in [6.07, 6.45) is 0. The molecule has 1 aromatic carbocycles. The maximum atomic E-state index is 12.7. The second-order valence-electron chi connectivity index (χ2n) is 6.20. The maximum Gasteiger partial charge on any atom is 0.242 e. The molecule has 0 spiro atoms. The van der Waals surface area contributed by atoms with Crippen molar-refractivity contribution in [1.82, 2.24) is 10.2 Å². The van der Waals surface area contributed by atoms with Crippen molar-refractivity contribution in [2.24, 2.45) is 0 Å². The van der Waals surface area contributed by atoms with Crippen LogP contribution in [0.2, 0.25) is 0 Å². The second-order valence-corrected chi connectivity index (χ2v) is 6.20. The molecule has 0 aliphatic carbocycles. The number of carbonyl (C=O) groups is 1. The van der Waals surface area contributed by atoms with Crippen molar-refractivity contribution in [3.63, 3.8) is 0 Å². The SMILES string of the molecule is CC(C)(C)NC(=O)C(c1ccccc1)N1CCOCC1. The lowest BCUT2D eigenvalue weighted by Gasteiger charge is -2.35. The van der Waals surface area contributed by atoms with Crippen molar-refractivity contribution in [2.45, 2.75) is 32.4 Å². The normalized spacial score (nSPS) is 18.6. The predicted octanol–water partition coefficient (Wildman–Crippen LogP) is 1.97. The Morgan fingerprint density at radius 3 is 2.35 bits per heavy atom. The highest BCUT2D eigenvalue weighted by Crippen LogP contribution is 2.22. The van der Waals surface area contributed by atoms with E-state index in [0.717, 1.165) is 18.7 Å². The summed E-state index contributed by atoms with van der Waals surface area (Å²) in [5, 5.41) is 3.09.